The summed E-state index contributed by atoms with van der Waals surface area (Å²) in [5, 5.41) is 3.47. The number of benzene rings is 2. The first-order valence-electron chi connectivity index (χ1n) is 10.8. The minimum Gasteiger partial charge on any atom is -0.493 e. The largest absolute Gasteiger partial charge is 0.493 e. The highest BCUT2D eigenvalue weighted by Gasteiger charge is 2.33. The van der Waals surface area contributed by atoms with Gasteiger partial charge < -0.3 is 15.0 Å². The van der Waals surface area contributed by atoms with E-state index in [1.165, 1.54) is 0 Å². The van der Waals surface area contributed by atoms with Crippen molar-refractivity contribution in [3.05, 3.63) is 72.4 Å². The first kappa shape index (κ1) is 20.8. The third-order valence-corrected chi connectivity index (χ3v) is 5.71. The van der Waals surface area contributed by atoms with Crippen LogP contribution in [0.25, 0.3) is 11.3 Å². The zero-order valence-electron chi connectivity index (χ0n) is 18.0. The maximum atomic E-state index is 13.3. The fourth-order valence-corrected chi connectivity index (χ4v) is 4.07. The van der Waals surface area contributed by atoms with Crippen LogP contribution in [0.2, 0.25) is 0 Å². The van der Waals surface area contributed by atoms with Gasteiger partial charge in [-0.2, -0.15) is 0 Å². The van der Waals surface area contributed by atoms with Gasteiger partial charge >= 0.3 is 0 Å². The van der Waals surface area contributed by atoms with Crippen molar-refractivity contribution in [1.82, 2.24) is 14.9 Å². The lowest BCUT2D eigenvalue weighted by atomic mass is 9.96. The van der Waals surface area contributed by atoms with Crippen molar-refractivity contribution < 1.29 is 9.53 Å². The van der Waals surface area contributed by atoms with E-state index in [0.717, 1.165) is 30.6 Å². The van der Waals surface area contributed by atoms with Crippen LogP contribution >= 0.6 is 0 Å². The molecule has 2 heterocycles. The maximum Gasteiger partial charge on any atom is 0.257 e. The molecule has 3 aromatic rings. The molecule has 31 heavy (non-hydrogen) atoms. The van der Waals surface area contributed by atoms with Gasteiger partial charge in [0.05, 0.1) is 17.9 Å². The van der Waals surface area contributed by atoms with Crippen LogP contribution in [0.15, 0.2) is 66.9 Å². The Kier molecular flexibility index (Phi) is 6.46. The molecule has 160 valence electrons. The van der Waals surface area contributed by atoms with Crippen LogP contribution in [-0.2, 0) is 0 Å². The van der Waals surface area contributed by atoms with Crippen molar-refractivity contribution >= 4 is 11.9 Å². The summed E-state index contributed by atoms with van der Waals surface area (Å²) >= 11 is 0. The first-order chi connectivity index (χ1) is 15.2. The summed E-state index contributed by atoms with van der Waals surface area (Å²) in [5.74, 6) is 1.22. The van der Waals surface area contributed by atoms with Gasteiger partial charge in [-0.15, -0.1) is 0 Å². The number of likely N-dealkylation sites (tertiary alicyclic amines) is 1. The molecule has 0 saturated carbocycles. The fourth-order valence-electron chi connectivity index (χ4n) is 4.07. The van der Waals surface area contributed by atoms with Gasteiger partial charge in [0.15, 0.2) is 0 Å². The number of nitrogens with zero attached hydrogens (tertiary/aromatic N) is 3. The molecular weight excluding hydrogens is 388 g/mol. The molecule has 0 radical (unpaired) electrons. The van der Waals surface area contributed by atoms with Crippen molar-refractivity contribution in [1.29, 1.82) is 0 Å². The summed E-state index contributed by atoms with van der Waals surface area (Å²) < 4.78 is 5.68. The third kappa shape index (κ3) is 4.68. The lowest BCUT2D eigenvalue weighted by Gasteiger charge is -2.40. The number of nitrogens with one attached hydrogen (secondary N) is 1. The lowest BCUT2D eigenvalue weighted by Crippen LogP contribution is -2.52. The highest BCUT2D eigenvalue weighted by atomic mass is 16.5. The predicted octanol–water partition coefficient (Wildman–Crippen LogP) is 4.65. The minimum atomic E-state index is -0.0000796. The van der Waals surface area contributed by atoms with Crippen LogP contribution in [0.3, 0.4) is 0 Å². The van der Waals surface area contributed by atoms with Crippen LogP contribution < -0.4 is 10.1 Å². The zero-order valence-corrected chi connectivity index (χ0v) is 18.0. The quantitative estimate of drug-likeness (QED) is 0.634. The van der Waals surface area contributed by atoms with Crippen LogP contribution in [0.5, 0.6) is 5.75 Å². The highest BCUT2D eigenvalue weighted by molar-refractivity contribution is 5.97. The topological polar surface area (TPSA) is 67.3 Å². The van der Waals surface area contributed by atoms with Gasteiger partial charge in [0.1, 0.15) is 5.75 Å². The van der Waals surface area contributed by atoms with E-state index in [1.807, 2.05) is 72.5 Å². The van der Waals surface area contributed by atoms with E-state index in [4.69, 9.17) is 9.72 Å². The summed E-state index contributed by atoms with van der Waals surface area (Å²) in [6.07, 6.45) is 3.65. The van der Waals surface area contributed by atoms with E-state index in [2.05, 4.69) is 17.2 Å². The second-order valence-corrected chi connectivity index (χ2v) is 7.69. The molecule has 0 unspecified atom stereocenters. The summed E-state index contributed by atoms with van der Waals surface area (Å²) in [7, 11) is 0. The van der Waals surface area contributed by atoms with Gasteiger partial charge in [-0.3, -0.25) is 4.79 Å². The number of carbonyl (C=O) groups excluding carboxylic acids is 1. The number of rotatable bonds is 6. The first-order valence-corrected chi connectivity index (χ1v) is 10.8. The Bertz CT molecular complexity index is 1020. The fraction of sp³-hybridized carbons (Fsp3) is 0.320. The molecule has 6 nitrogen and oxygen atoms in total. The monoisotopic (exact) mass is 416 g/mol. The lowest BCUT2D eigenvalue weighted by molar-refractivity contribution is 0.0612. The number of aromatic nitrogens is 2. The summed E-state index contributed by atoms with van der Waals surface area (Å²) in [6, 6.07) is 19.5. The molecule has 2 aromatic carbocycles. The molecule has 0 bridgehead atoms. The second-order valence-electron chi connectivity index (χ2n) is 7.69. The van der Waals surface area contributed by atoms with E-state index >= 15 is 0 Å². The average molecular weight is 417 g/mol. The van der Waals surface area contributed by atoms with E-state index in [1.54, 1.807) is 6.20 Å². The van der Waals surface area contributed by atoms with E-state index < -0.39 is 0 Å². The average Bonchev–Trinajstić information content (AvgIpc) is 2.81. The third-order valence-electron chi connectivity index (χ3n) is 5.71. The van der Waals surface area contributed by atoms with E-state index in [0.29, 0.717) is 23.9 Å². The second kappa shape index (κ2) is 9.60. The van der Waals surface area contributed by atoms with Crippen LogP contribution in [0.4, 0.5) is 5.95 Å². The Morgan fingerprint density at radius 2 is 1.90 bits per heavy atom. The van der Waals surface area contributed by atoms with Crippen molar-refractivity contribution in [3.8, 4) is 17.0 Å². The standard InChI is InChI=1S/C25H28N4O2/c1-3-31-23-14-8-7-12-20(23)24(30)29-17-9-13-21(18(29)2)27-25-26-16-15-22(28-25)19-10-5-4-6-11-19/h4-8,10-12,14-16,18,21H,3,9,13,17H2,1-2H3,(H,26,27,28)/t18-,21+/m1/s1. The van der Waals surface area contributed by atoms with Gasteiger partial charge in [0.2, 0.25) is 5.95 Å². The van der Waals surface area contributed by atoms with Crippen molar-refractivity contribution in [2.45, 2.75) is 38.8 Å². The number of para-hydroxylation sites is 1. The smallest absolute Gasteiger partial charge is 0.257 e. The van der Waals surface area contributed by atoms with Crippen LogP contribution in [0, 0.1) is 0 Å². The molecule has 1 aliphatic rings. The highest BCUT2D eigenvalue weighted by Crippen LogP contribution is 2.26. The molecule has 0 aliphatic carbocycles. The molecule has 6 heteroatoms. The summed E-state index contributed by atoms with van der Waals surface area (Å²) in [4.78, 5) is 24.4. The number of anilines is 1. The molecule has 1 saturated heterocycles. The normalized spacial score (nSPS) is 18.5. The van der Waals surface area contributed by atoms with Crippen LogP contribution in [0.1, 0.15) is 37.0 Å². The molecule has 2 atom stereocenters. The van der Waals surface area contributed by atoms with Crippen molar-refractivity contribution in [2.24, 2.45) is 0 Å². The molecule has 1 fully saturated rings. The molecule has 1 N–H and O–H groups in total. The van der Waals surface area contributed by atoms with Crippen molar-refractivity contribution in [3.63, 3.8) is 0 Å². The maximum absolute atomic E-state index is 13.3. The molecule has 1 aliphatic heterocycles. The van der Waals surface area contributed by atoms with Crippen molar-refractivity contribution in [2.75, 3.05) is 18.5 Å². The zero-order chi connectivity index (χ0) is 21.6. The van der Waals surface area contributed by atoms with Gasteiger partial charge in [-0.05, 0) is 44.9 Å². The number of piperidine rings is 1. The Balaban J connectivity index is 1.51. The number of carbonyl (C=O) groups is 1. The van der Waals surface area contributed by atoms with E-state index in [-0.39, 0.29) is 18.0 Å². The Hall–Kier alpha value is -3.41. The predicted molar refractivity (Wildman–Crippen MR) is 122 cm³/mol. The van der Waals surface area contributed by atoms with Gasteiger partial charge in [0, 0.05) is 30.4 Å². The minimum absolute atomic E-state index is 0.0000796. The molecule has 1 aromatic heterocycles. The van der Waals surface area contributed by atoms with Gasteiger partial charge in [-0.1, -0.05) is 42.5 Å². The Morgan fingerprint density at radius 3 is 2.71 bits per heavy atom. The van der Waals surface area contributed by atoms with Gasteiger partial charge in [-0.25, -0.2) is 9.97 Å². The SMILES string of the molecule is CCOc1ccccc1C(=O)N1CCC[C@H](Nc2nccc(-c3ccccc3)n2)[C@H]1C. The van der Waals surface area contributed by atoms with Gasteiger partial charge in [0.25, 0.3) is 5.91 Å². The van der Waals surface area contributed by atoms with Crippen LogP contribution in [-0.4, -0.2) is 46.0 Å². The Morgan fingerprint density at radius 1 is 1.13 bits per heavy atom. The number of amides is 1. The molecule has 0 spiro atoms. The molecule has 4 rings (SSSR count). The summed E-state index contributed by atoms with van der Waals surface area (Å²) in [6.45, 7) is 5.26. The summed E-state index contributed by atoms with van der Waals surface area (Å²) in [5.41, 5.74) is 2.54. The molecule has 1 amide bonds. The molecular formula is C25H28N4O2. The Labute approximate surface area is 183 Å². The number of ether oxygens (including phenoxy) is 1. The number of hydrogen-bond donors (Lipinski definition) is 1. The number of hydrogen-bond acceptors (Lipinski definition) is 5. The van der Waals surface area contributed by atoms with E-state index in [9.17, 15) is 4.79 Å².